The Labute approximate surface area is 152 Å². The van der Waals surface area contributed by atoms with Crippen LogP contribution in [0.5, 0.6) is 5.75 Å². The number of fused-ring (bicyclic) bond motifs is 1. The van der Waals surface area contributed by atoms with Gasteiger partial charge in [-0.25, -0.2) is 0 Å². The molecule has 0 saturated carbocycles. The second-order valence-corrected chi connectivity index (χ2v) is 6.54. The summed E-state index contributed by atoms with van der Waals surface area (Å²) in [5.41, 5.74) is 2.54. The van der Waals surface area contributed by atoms with Crippen LogP contribution in [0.4, 0.5) is 11.4 Å². The van der Waals surface area contributed by atoms with E-state index in [0.717, 1.165) is 24.2 Å². The van der Waals surface area contributed by atoms with Crippen molar-refractivity contribution < 1.29 is 13.9 Å². The molecule has 1 aliphatic rings. The number of nitrogens with zero attached hydrogens (tertiary/aromatic N) is 1. The molecule has 2 aromatic carbocycles. The van der Waals surface area contributed by atoms with Crippen molar-refractivity contribution in [3.05, 3.63) is 54.3 Å². The number of hydrogen-bond acceptors (Lipinski definition) is 4. The summed E-state index contributed by atoms with van der Waals surface area (Å²) in [5.74, 6) is 0.617. The summed E-state index contributed by atoms with van der Waals surface area (Å²) in [7, 11) is 1.58. The fraction of sp³-hybridized carbons (Fsp3) is 0.286. The first kappa shape index (κ1) is 16.5. The third-order valence-electron chi connectivity index (χ3n) is 4.80. The zero-order chi connectivity index (χ0) is 17.9. The van der Waals surface area contributed by atoms with Crippen LogP contribution in [0, 0.1) is 0 Å². The van der Waals surface area contributed by atoms with Crippen LogP contribution in [-0.2, 0) is 0 Å². The fourth-order valence-corrected chi connectivity index (χ4v) is 3.41. The molecule has 1 N–H and O–H groups in total. The van der Waals surface area contributed by atoms with Crippen LogP contribution in [0.2, 0.25) is 0 Å². The van der Waals surface area contributed by atoms with Crippen LogP contribution >= 0.6 is 0 Å². The van der Waals surface area contributed by atoms with Crippen LogP contribution < -0.4 is 15.0 Å². The molecule has 134 valence electrons. The van der Waals surface area contributed by atoms with Gasteiger partial charge in [-0.2, -0.15) is 0 Å². The number of amides is 1. The molecule has 26 heavy (non-hydrogen) atoms. The first-order valence-corrected chi connectivity index (χ1v) is 8.97. The predicted octanol–water partition coefficient (Wildman–Crippen LogP) is 4.68. The largest absolute Gasteiger partial charge is 0.493 e. The zero-order valence-corrected chi connectivity index (χ0v) is 14.8. The van der Waals surface area contributed by atoms with E-state index in [4.69, 9.17) is 9.15 Å². The highest BCUT2D eigenvalue weighted by molar-refractivity contribution is 6.05. The standard InChI is InChI=1S/C21H22N2O3/c1-25-18-7-5-6-15-14-19(26-20(15)18)21(24)22-16-8-10-17(11-9-16)23-12-3-2-4-13-23/h5-11,14H,2-4,12-13H2,1H3,(H,22,24). The van der Waals surface area contributed by atoms with E-state index >= 15 is 0 Å². The highest BCUT2D eigenvalue weighted by atomic mass is 16.5. The van der Waals surface area contributed by atoms with Crippen molar-refractivity contribution in [1.29, 1.82) is 0 Å². The second-order valence-electron chi connectivity index (χ2n) is 6.54. The Kier molecular flexibility index (Phi) is 4.52. The van der Waals surface area contributed by atoms with Gasteiger partial charge in [-0.15, -0.1) is 0 Å². The van der Waals surface area contributed by atoms with Gasteiger partial charge in [-0.1, -0.05) is 12.1 Å². The van der Waals surface area contributed by atoms with Gasteiger partial charge in [0.2, 0.25) is 0 Å². The Hall–Kier alpha value is -2.95. The summed E-state index contributed by atoms with van der Waals surface area (Å²) in [5, 5.41) is 3.74. The lowest BCUT2D eigenvalue weighted by molar-refractivity contribution is 0.0998. The number of anilines is 2. The monoisotopic (exact) mass is 350 g/mol. The number of nitrogens with one attached hydrogen (secondary N) is 1. The number of hydrogen-bond donors (Lipinski definition) is 1. The molecule has 1 saturated heterocycles. The van der Waals surface area contributed by atoms with E-state index in [9.17, 15) is 4.79 Å². The van der Waals surface area contributed by atoms with Crippen molar-refractivity contribution in [2.45, 2.75) is 19.3 Å². The molecule has 0 aliphatic carbocycles. The first-order chi connectivity index (χ1) is 12.7. The molecular weight excluding hydrogens is 328 g/mol. The number of methoxy groups -OCH3 is 1. The molecule has 1 aliphatic heterocycles. The zero-order valence-electron chi connectivity index (χ0n) is 14.8. The van der Waals surface area contributed by atoms with E-state index in [1.807, 2.05) is 30.3 Å². The maximum atomic E-state index is 12.5. The number of benzene rings is 2. The van der Waals surface area contributed by atoms with E-state index in [1.54, 1.807) is 13.2 Å². The Morgan fingerprint density at radius 2 is 1.85 bits per heavy atom. The molecule has 1 aromatic heterocycles. The van der Waals surface area contributed by atoms with Crippen molar-refractivity contribution in [3.8, 4) is 5.75 Å². The van der Waals surface area contributed by atoms with Crippen molar-refractivity contribution in [1.82, 2.24) is 0 Å². The summed E-state index contributed by atoms with van der Waals surface area (Å²) in [4.78, 5) is 14.9. The Bertz CT molecular complexity index is 909. The number of rotatable bonds is 4. The molecule has 0 bridgehead atoms. The first-order valence-electron chi connectivity index (χ1n) is 8.97. The van der Waals surface area contributed by atoms with Gasteiger partial charge in [-0.3, -0.25) is 4.79 Å². The van der Waals surface area contributed by atoms with Gasteiger partial charge in [0, 0.05) is 29.9 Å². The van der Waals surface area contributed by atoms with Gasteiger partial charge in [-0.05, 0) is 55.7 Å². The molecule has 0 radical (unpaired) electrons. The molecule has 2 heterocycles. The van der Waals surface area contributed by atoms with E-state index in [1.165, 1.54) is 24.9 Å². The minimum atomic E-state index is -0.269. The average Bonchev–Trinajstić information content (AvgIpc) is 3.14. The maximum Gasteiger partial charge on any atom is 0.291 e. The van der Waals surface area contributed by atoms with Gasteiger partial charge in [0.05, 0.1) is 7.11 Å². The summed E-state index contributed by atoms with van der Waals surface area (Å²) in [6, 6.07) is 15.3. The minimum Gasteiger partial charge on any atom is -0.493 e. The molecule has 0 atom stereocenters. The third-order valence-corrected chi connectivity index (χ3v) is 4.80. The van der Waals surface area contributed by atoms with E-state index in [0.29, 0.717) is 11.3 Å². The highest BCUT2D eigenvalue weighted by Crippen LogP contribution is 2.29. The van der Waals surface area contributed by atoms with Crippen LogP contribution in [0.3, 0.4) is 0 Å². The molecule has 0 unspecified atom stereocenters. The lowest BCUT2D eigenvalue weighted by atomic mass is 10.1. The van der Waals surface area contributed by atoms with Crippen molar-refractivity contribution >= 4 is 28.3 Å². The highest BCUT2D eigenvalue weighted by Gasteiger charge is 2.15. The van der Waals surface area contributed by atoms with Crippen molar-refractivity contribution in [2.24, 2.45) is 0 Å². The van der Waals surface area contributed by atoms with Crippen molar-refractivity contribution in [3.63, 3.8) is 0 Å². The van der Waals surface area contributed by atoms with E-state index in [2.05, 4.69) is 22.3 Å². The Morgan fingerprint density at radius 3 is 2.58 bits per heavy atom. The summed E-state index contributed by atoms with van der Waals surface area (Å²) < 4.78 is 11.0. The maximum absolute atomic E-state index is 12.5. The number of furan rings is 1. The molecule has 0 spiro atoms. The van der Waals surface area contributed by atoms with Crippen LogP contribution in [0.25, 0.3) is 11.0 Å². The molecule has 5 heteroatoms. The molecule has 5 nitrogen and oxygen atoms in total. The molecule has 3 aromatic rings. The Morgan fingerprint density at radius 1 is 1.08 bits per heavy atom. The molecule has 1 fully saturated rings. The lowest BCUT2D eigenvalue weighted by Crippen LogP contribution is -2.29. The van der Waals surface area contributed by atoms with Crippen LogP contribution in [0.15, 0.2) is 52.9 Å². The quantitative estimate of drug-likeness (QED) is 0.742. The minimum absolute atomic E-state index is 0.268. The average molecular weight is 350 g/mol. The van der Waals surface area contributed by atoms with E-state index < -0.39 is 0 Å². The normalized spacial score (nSPS) is 14.4. The number of carbonyl (C=O) groups excluding carboxylic acids is 1. The lowest BCUT2D eigenvalue weighted by Gasteiger charge is -2.28. The Balaban J connectivity index is 1.49. The summed E-state index contributed by atoms with van der Waals surface area (Å²) in [6.07, 6.45) is 3.80. The third kappa shape index (κ3) is 3.25. The predicted molar refractivity (Wildman–Crippen MR) is 103 cm³/mol. The second kappa shape index (κ2) is 7.12. The summed E-state index contributed by atoms with van der Waals surface area (Å²) >= 11 is 0. The molecular formula is C21H22N2O3. The molecule has 4 rings (SSSR count). The summed E-state index contributed by atoms with van der Waals surface area (Å²) in [6.45, 7) is 2.21. The number of ether oxygens (including phenoxy) is 1. The van der Waals surface area contributed by atoms with Crippen LogP contribution in [0.1, 0.15) is 29.8 Å². The van der Waals surface area contributed by atoms with E-state index in [-0.39, 0.29) is 11.7 Å². The van der Waals surface area contributed by atoms with Gasteiger partial charge < -0.3 is 19.4 Å². The van der Waals surface area contributed by atoms with Gasteiger partial charge in [0.15, 0.2) is 17.1 Å². The topological polar surface area (TPSA) is 54.7 Å². The van der Waals surface area contributed by atoms with Crippen LogP contribution in [-0.4, -0.2) is 26.1 Å². The number of carbonyl (C=O) groups is 1. The molecule has 1 amide bonds. The smallest absolute Gasteiger partial charge is 0.291 e. The fourth-order valence-electron chi connectivity index (χ4n) is 3.41. The van der Waals surface area contributed by atoms with Crippen molar-refractivity contribution in [2.75, 3.05) is 30.4 Å². The van der Waals surface area contributed by atoms with Gasteiger partial charge >= 0.3 is 0 Å². The number of para-hydroxylation sites is 1. The number of piperidine rings is 1. The SMILES string of the molecule is COc1cccc2cc(C(=O)Nc3ccc(N4CCCCC4)cc3)oc12. The van der Waals surface area contributed by atoms with Gasteiger partial charge in [0.1, 0.15) is 0 Å². The van der Waals surface area contributed by atoms with Gasteiger partial charge in [0.25, 0.3) is 5.91 Å².